The van der Waals surface area contributed by atoms with Crippen molar-refractivity contribution in [3.05, 3.63) is 0 Å². The van der Waals surface area contributed by atoms with Gasteiger partial charge in [-0.2, -0.15) is 0 Å². The Kier molecular flexibility index (Phi) is 7.63. The Bertz CT molecular complexity index is 212. The minimum Gasteiger partial charge on any atom is -0.382 e. The summed E-state index contributed by atoms with van der Waals surface area (Å²) in [5.41, 5.74) is 0. The van der Waals surface area contributed by atoms with Crippen LogP contribution in [0.4, 0.5) is 0 Å². The van der Waals surface area contributed by atoms with Crippen LogP contribution in [-0.4, -0.2) is 50.4 Å². The van der Waals surface area contributed by atoms with Crippen molar-refractivity contribution in [3.8, 4) is 0 Å². The van der Waals surface area contributed by atoms with Gasteiger partial charge in [0.2, 0.25) is 0 Å². The lowest BCUT2D eigenvalue weighted by molar-refractivity contribution is 0.0689. The molecule has 1 aliphatic rings. The summed E-state index contributed by atoms with van der Waals surface area (Å²) in [5.74, 6) is 0. The number of nitrogens with zero attached hydrogens (tertiary/aromatic N) is 1. The van der Waals surface area contributed by atoms with Gasteiger partial charge < -0.3 is 14.8 Å². The number of amidine groups is 1. The average Bonchev–Trinajstić information content (AvgIpc) is 2.68. The Balaban J connectivity index is 1.81. The number of hydrogen-bond acceptors (Lipinski definition) is 5. The summed E-state index contributed by atoms with van der Waals surface area (Å²) in [5, 5.41) is 5.09. The summed E-state index contributed by atoms with van der Waals surface area (Å²) in [6, 6.07) is 0. The molecule has 1 aliphatic heterocycles. The quantitative estimate of drug-likeness (QED) is 0.659. The Morgan fingerprint density at radius 1 is 1.38 bits per heavy atom. The molecule has 0 aliphatic carbocycles. The second-order valence-corrected chi connectivity index (χ2v) is 5.24. The van der Waals surface area contributed by atoms with Gasteiger partial charge in [0.25, 0.3) is 0 Å². The Hall–Kier alpha value is -0.260. The molecule has 0 aromatic rings. The molecule has 0 aromatic carbocycles. The van der Waals surface area contributed by atoms with Crippen molar-refractivity contribution in [1.29, 1.82) is 0 Å². The summed E-state index contributed by atoms with van der Waals surface area (Å²) in [6.07, 6.45) is 2.21. The van der Waals surface area contributed by atoms with Crippen molar-refractivity contribution < 1.29 is 9.47 Å². The Morgan fingerprint density at radius 2 is 2.25 bits per heavy atom. The van der Waals surface area contributed by atoms with Gasteiger partial charge in [-0.05, 0) is 12.8 Å². The van der Waals surface area contributed by atoms with Gasteiger partial charge >= 0.3 is 0 Å². The summed E-state index contributed by atoms with van der Waals surface area (Å²) >= 11 is 1.83. The summed E-state index contributed by atoms with van der Waals surface area (Å²) < 4.78 is 10.3. The van der Waals surface area contributed by atoms with Crippen molar-refractivity contribution in [1.82, 2.24) is 5.32 Å². The molecule has 94 valence electrons. The molecule has 0 aromatic heterocycles. The summed E-state index contributed by atoms with van der Waals surface area (Å²) in [6.45, 7) is 6.35. The van der Waals surface area contributed by atoms with Gasteiger partial charge in [-0.3, -0.25) is 4.99 Å². The molecule has 1 rings (SSSR count). The average molecular weight is 246 g/mol. The SMILES string of the molecule is COCCOCCCCNC1=NCC(C)S1. The van der Waals surface area contributed by atoms with Crippen molar-refractivity contribution >= 4 is 16.9 Å². The van der Waals surface area contributed by atoms with Gasteiger partial charge in [-0.15, -0.1) is 0 Å². The molecule has 4 nitrogen and oxygen atoms in total. The highest BCUT2D eigenvalue weighted by molar-refractivity contribution is 8.14. The van der Waals surface area contributed by atoms with Crippen molar-refractivity contribution in [2.45, 2.75) is 25.0 Å². The van der Waals surface area contributed by atoms with Crippen LogP contribution in [0, 0.1) is 0 Å². The molecule has 1 heterocycles. The maximum atomic E-state index is 5.37. The number of unbranched alkanes of at least 4 members (excludes halogenated alkanes) is 1. The minimum absolute atomic E-state index is 0.639. The molecule has 1 atom stereocenters. The first-order chi connectivity index (χ1) is 7.83. The van der Waals surface area contributed by atoms with Gasteiger partial charge in [0, 0.05) is 25.5 Å². The monoisotopic (exact) mass is 246 g/mol. The van der Waals surface area contributed by atoms with Crippen LogP contribution in [-0.2, 0) is 9.47 Å². The molecular formula is C11H22N2O2S. The number of aliphatic imine (C=N–C) groups is 1. The standard InChI is InChI=1S/C11H22N2O2S/c1-10-9-13-11(16-10)12-5-3-4-6-15-8-7-14-2/h10H,3-9H2,1-2H3,(H,12,13). The number of rotatable bonds is 8. The zero-order valence-electron chi connectivity index (χ0n) is 10.2. The van der Waals surface area contributed by atoms with Crippen LogP contribution < -0.4 is 5.32 Å². The van der Waals surface area contributed by atoms with Crippen LogP contribution >= 0.6 is 11.8 Å². The van der Waals surface area contributed by atoms with E-state index in [1.165, 1.54) is 0 Å². The molecule has 0 radical (unpaired) electrons. The first-order valence-corrected chi connectivity index (χ1v) is 6.72. The number of ether oxygens (including phenoxy) is 2. The van der Waals surface area contributed by atoms with Crippen molar-refractivity contribution in [2.75, 3.05) is 40.0 Å². The molecule has 0 saturated heterocycles. The van der Waals surface area contributed by atoms with E-state index >= 15 is 0 Å². The van der Waals surface area contributed by atoms with Crippen LogP contribution in [0.1, 0.15) is 19.8 Å². The molecule has 0 saturated carbocycles. The highest BCUT2D eigenvalue weighted by atomic mass is 32.2. The normalized spacial score (nSPS) is 19.9. The largest absolute Gasteiger partial charge is 0.382 e. The third-order valence-corrected chi connectivity index (χ3v) is 3.28. The molecule has 1 unspecified atom stereocenters. The third-order valence-electron chi connectivity index (χ3n) is 2.23. The fraction of sp³-hybridized carbons (Fsp3) is 0.909. The Labute approximate surface area is 102 Å². The van der Waals surface area contributed by atoms with Gasteiger partial charge in [0.15, 0.2) is 5.17 Å². The van der Waals surface area contributed by atoms with Crippen LogP contribution in [0.3, 0.4) is 0 Å². The second-order valence-electron chi connectivity index (χ2n) is 3.81. The molecule has 5 heteroatoms. The molecule has 1 N–H and O–H groups in total. The second kappa shape index (κ2) is 8.84. The lowest BCUT2D eigenvalue weighted by Gasteiger charge is -2.06. The van der Waals surface area contributed by atoms with E-state index in [-0.39, 0.29) is 0 Å². The predicted molar refractivity (Wildman–Crippen MR) is 69.3 cm³/mol. The highest BCUT2D eigenvalue weighted by Gasteiger charge is 2.13. The van der Waals surface area contributed by atoms with Gasteiger partial charge in [0.05, 0.1) is 19.8 Å². The van der Waals surface area contributed by atoms with Crippen LogP contribution in [0.25, 0.3) is 0 Å². The molecule has 0 fully saturated rings. The molecule has 0 spiro atoms. The summed E-state index contributed by atoms with van der Waals surface area (Å²) in [4.78, 5) is 4.40. The predicted octanol–water partition coefficient (Wildman–Crippen LogP) is 1.51. The minimum atomic E-state index is 0.639. The zero-order chi connectivity index (χ0) is 11.6. The third kappa shape index (κ3) is 6.35. The van der Waals surface area contributed by atoms with Gasteiger partial charge in [0.1, 0.15) is 0 Å². The summed E-state index contributed by atoms with van der Waals surface area (Å²) in [7, 11) is 1.69. The number of nitrogens with one attached hydrogen (secondary N) is 1. The molecular weight excluding hydrogens is 224 g/mol. The van der Waals surface area contributed by atoms with E-state index in [1.54, 1.807) is 7.11 Å². The van der Waals surface area contributed by atoms with Crippen molar-refractivity contribution in [3.63, 3.8) is 0 Å². The van der Waals surface area contributed by atoms with E-state index in [4.69, 9.17) is 9.47 Å². The topological polar surface area (TPSA) is 42.9 Å². The fourth-order valence-electron chi connectivity index (χ4n) is 1.34. The lowest BCUT2D eigenvalue weighted by atomic mass is 10.3. The Morgan fingerprint density at radius 3 is 2.94 bits per heavy atom. The first-order valence-electron chi connectivity index (χ1n) is 5.84. The van der Waals surface area contributed by atoms with Crippen LogP contribution in [0.5, 0.6) is 0 Å². The van der Waals surface area contributed by atoms with E-state index in [0.29, 0.717) is 18.5 Å². The lowest BCUT2D eigenvalue weighted by Crippen LogP contribution is -2.20. The maximum Gasteiger partial charge on any atom is 0.156 e. The molecule has 0 amide bonds. The van der Waals surface area contributed by atoms with Crippen molar-refractivity contribution in [2.24, 2.45) is 4.99 Å². The highest BCUT2D eigenvalue weighted by Crippen LogP contribution is 2.18. The number of thioether (sulfide) groups is 1. The fourth-order valence-corrected chi connectivity index (χ4v) is 2.21. The maximum absolute atomic E-state index is 5.37. The first kappa shape index (κ1) is 13.8. The van der Waals surface area contributed by atoms with Crippen LogP contribution in [0.2, 0.25) is 0 Å². The van der Waals surface area contributed by atoms with E-state index in [1.807, 2.05) is 11.8 Å². The molecule has 0 bridgehead atoms. The molecule has 16 heavy (non-hydrogen) atoms. The number of methoxy groups -OCH3 is 1. The zero-order valence-corrected chi connectivity index (χ0v) is 11.0. The van der Waals surface area contributed by atoms with E-state index in [2.05, 4.69) is 17.2 Å². The number of hydrogen-bond donors (Lipinski definition) is 1. The van der Waals surface area contributed by atoms with E-state index in [0.717, 1.165) is 37.7 Å². The van der Waals surface area contributed by atoms with Gasteiger partial charge in [-0.1, -0.05) is 18.7 Å². The van der Waals surface area contributed by atoms with E-state index < -0.39 is 0 Å². The van der Waals surface area contributed by atoms with Gasteiger partial charge in [-0.25, -0.2) is 0 Å². The smallest absolute Gasteiger partial charge is 0.156 e. The van der Waals surface area contributed by atoms with Crippen LogP contribution in [0.15, 0.2) is 4.99 Å². The van der Waals surface area contributed by atoms with E-state index in [9.17, 15) is 0 Å².